The predicted molar refractivity (Wildman–Crippen MR) is 63.7 cm³/mol. The van der Waals surface area contributed by atoms with Gasteiger partial charge < -0.3 is 4.74 Å². The molecule has 16 heavy (non-hydrogen) atoms. The van der Waals surface area contributed by atoms with Crippen molar-refractivity contribution in [1.29, 1.82) is 0 Å². The van der Waals surface area contributed by atoms with Gasteiger partial charge in [0.1, 0.15) is 0 Å². The molecule has 1 unspecified atom stereocenters. The van der Waals surface area contributed by atoms with E-state index < -0.39 is 0 Å². The Morgan fingerprint density at radius 3 is 2.75 bits per heavy atom. The number of nitrogens with one attached hydrogen (secondary N) is 1. The molecule has 1 aromatic heterocycles. The van der Waals surface area contributed by atoms with Crippen LogP contribution in [0.5, 0.6) is 0 Å². The standard InChI is InChI=1S/C11H22N4O/c1-5-16-11(2,3)10(14-12)6-9-7-13-15(4)8-9/h7-8,10,14H,5-6,12H2,1-4H3. The van der Waals surface area contributed by atoms with Gasteiger partial charge in [0.25, 0.3) is 0 Å². The van der Waals surface area contributed by atoms with Crippen LogP contribution in [0, 0.1) is 0 Å². The molecule has 0 saturated carbocycles. The van der Waals surface area contributed by atoms with Gasteiger partial charge in [0, 0.05) is 19.9 Å². The molecule has 1 heterocycles. The number of hydrazine groups is 1. The van der Waals surface area contributed by atoms with Gasteiger partial charge in [-0.3, -0.25) is 16.0 Å². The fraction of sp³-hybridized carbons (Fsp3) is 0.727. The molecule has 0 bridgehead atoms. The number of nitrogens with two attached hydrogens (primary N) is 1. The molecule has 5 nitrogen and oxygen atoms in total. The molecule has 0 fully saturated rings. The highest BCUT2D eigenvalue weighted by Crippen LogP contribution is 2.18. The number of hydrogen-bond donors (Lipinski definition) is 2. The Balaban J connectivity index is 2.68. The van der Waals surface area contributed by atoms with Gasteiger partial charge in [-0.1, -0.05) is 0 Å². The number of nitrogens with zero attached hydrogens (tertiary/aromatic N) is 2. The van der Waals surface area contributed by atoms with E-state index in [4.69, 9.17) is 10.6 Å². The summed E-state index contributed by atoms with van der Waals surface area (Å²) < 4.78 is 7.48. The zero-order valence-electron chi connectivity index (χ0n) is 10.5. The Morgan fingerprint density at radius 2 is 2.31 bits per heavy atom. The van der Waals surface area contributed by atoms with E-state index in [1.165, 1.54) is 0 Å². The molecule has 0 saturated heterocycles. The van der Waals surface area contributed by atoms with Crippen LogP contribution in [0.25, 0.3) is 0 Å². The number of aromatic nitrogens is 2. The zero-order valence-corrected chi connectivity index (χ0v) is 10.5. The molecular formula is C11H22N4O. The minimum atomic E-state index is -0.292. The monoisotopic (exact) mass is 226 g/mol. The third-order valence-corrected chi connectivity index (χ3v) is 2.75. The van der Waals surface area contributed by atoms with Gasteiger partial charge in [-0.25, -0.2) is 0 Å². The lowest BCUT2D eigenvalue weighted by Gasteiger charge is -2.33. The normalized spacial score (nSPS) is 14.1. The van der Waals surface area contributed by atoms with E-state index in [-0.39, 0.29) is 11.6 Å². The quantitative estimate of drug-likeness (QED) is 0.551. The highest BCUT2D eigenvalue weighted by atomic mass is 16.5. The third kappa shape index (κ3) is 3.30. The van der Waals surface area contributed by atoms with Gasteiger partial charge in [-0.05, 0) is 32.8 Å². The van der Waals surface area contributed by atoms with Gasteiger partial charge in [0.15, 0.2) is 0 Å². The lowest BCUT2D eigenvalue weighted by Crippen LogP contribution is -2.52. The molecule has 1 aromatic rings. The summed E-state index contributed by atoms with van der Waals surface area (Å²) in [4.78, 5) is 0. The summed E-state index contributed by atoms with van der Waals surface area (Å²) in [5.74, 6) is 5.59. The van der Waals surface area contributed by atoms with E-state index in [0.717, 1.165) is 12.0 Å². The third-order valence-electron chi connectivity index (χ3n) is 2.75. The minimum Gasteiger partial charge on any atom is -0.374 e. The molecule has 0 amide bonds. The Hall–Kier alpha value is -0.910. The summed E-state index contributed by atoms with van der Waals surface area (Å²) in [5.41, 5.74) is 3.68. The molecule has 92 valence electrons. The predicted octanol–water partition coefficient (Wildman–Crippen LogP) is 0.610. The number of ether oxygens (including phenoxy) is 1. The van der Waals surface area contributed by atoms with Crippen molar-refractivity contribution in [3.05, 3.63) is 18.0 Å². The van der Waals surface area contributed by atoms with Gasteiger partial charge in [-0.15, -0.1) is 0 Å². The largest absolute Gasteiger partial charge is 0.374 e. The second-order valence-corrected chi connectivity index (χ2v) is 4.48. The van der Waals surface area contributed by atoms with Crippen molar-refractivity contribution in [2.24, 2.45) is 12.9 Å². The van der Waals surface area contributed by atoms with Crippen molar-refractivity contribution >= 4 is 0 Å². The first-order chi connectivity index (χ1) is 7.49. The Morgan fingerprint density at radius 1 is 1.62 bits per heavy atom. The smallest absolute Gasteiger partial charge is 0.0795 e. The van der Waals surface area contributed by atoms with E-state index in [1.807, 2.05) is 40.2 Å². The Bertz CT molecular complexity index is 322. The van der Waals surface area contributed by atoms with Gasteiger partial charge >= 0.3 is 0 Å². The first-order valence-electron chi connectivity index (χ1n) is 5.57. The van der Waals surface area contributed by atoms with Crippen molar-refractivity contribution in [2.45, 2.75) is 38.8 Å². The SMILES string of the molecule is CCOC(C)(C)C(Cc1cnn(C)c1)NN. The summed E-state index contributed by atoms with van der Waals surface area (Å²) in [6.07, 6.45) is 4.65. The number of hydrogen-bond acceptors (Lipinski definition) is 4. The van der Waals surface area contributed by atoms with Gasteiger partial charge in [-0.2, -0.15) is 5.10 Å². The molecule has 0 aliphatic rings. The minimum absolute atomic E-state index is 0.0663. The average molecular weight is 226 g/mol. The van der Waals surface area contributed by atoms with Crippen LogP contribution >= 0.6 is 0 Å². The van der Waals surface area contributed by atoms with E-state index >= 15 is 0 Å². The Labute approximate surface area is 96.9 Å². The van der Waals surface area contributed by atoms with Crippen molar-refractivity contribution in [1.82, 2.24) is 15.2 Å². The zero-order chi connectivity index (χ0) is 12.2. The van der Waals surface area contributed by atoms with E-state index in [0.29, 0.717) is 6.61 Å². The summed E-state index contributed by atoms with van der Waals surface area (Å²) in [6.45, 7) is 6.74. The molecule has 3 N–H and O–H groups in total. The first kappa shape index (κ1) is 13.2. The topological polar surface area (TPSA) is 65.1 Å². The van der Waals surface area contributed by atoms with Crippen LogP contribution in [0.1, 0.15) is 26.3 Å². The van der Waals surface area contributed by atoms with E-state index in [2.05, 4.69) is 10.5 Å². The van der Waals surface area contributed by atoms with E-state index in [1.54, 1.807) is 4.68 Å². The number of rotatable bonds is 6. The van der Waals surface area contributed by atoms with Crippen molar-refractivity contribution in [3.8, 4) is 0 Å². The van der Waals surface area contributed by atoms with Crippen molar-refractivity contribution < 1.29 is 4.74 Å². The van der Waals surface area contributed by atoms with Crippen LogP contribution in [0.15, 0.2) is 12.4 Å². The average Bonchev–Trinajstić information content (AvgIpc) is 2.60. The maximum absolute atomic E-state index is 5.69. The fourth-order valence-electron chi connectivity index (χ4n) is 1.79. The molecule has 0 aromatic carbocycles. The van der Waals surface area contributed by atoms with Crippen LogP contribution in [-0.4, -0.2) is 28.0 Å². The van der Waals surface area contributed by atoms with Crippen LogP contribution in [0.3, 0.4) is 0 Å². The lowest BCUT2D eigenvalue weighted by atomic mass is 9.94. The maximum atomic E-state index is 5.69. The summed E-state index contributed by atoms with van der Waals surface area (Å²) in [6, 6.07) is 0.0663. The lowest BCUT2D eigenvalue weighted by molar-refractivity contribution is -0.0380. The molecule has 0 aliphatic heterocycles. The van der Waals surface area contributed by atoms with Crippen LogP contribution < -0.4 is 11.3 Å². The van der Waals surface area contributed by atoms with E-state index in [9.17, 15) is 0 Å². The van der Waals surface area contributed by atoms with Gasteiger partial charge in [0.2, 0.25) is 0 Å². The van der Waals surface area contributed by atoms with Crippen LogP contribution in [0.2, 0.25) is 0 Å². The fourth-order valence-corrected chi connectivity index (χ4v) is 1.79. The highest BCUT2D eigenvalue weighted by molar-refractivity contribution is 5.08. The first-order valence-corrected chi connectivity index (χ1v) is 5.57. The van der Waals surface area contributed by atoms with Crippen molar-refractivity contribution in [2.75, 3.05) is 6.61 Å². The molecule has 0 radical (unpaired) electrons. The Kier molecular flexibility index (Phi) is 4.46. The molecule has 1 atom stereocenters. The second-order valence-electron chi connectivity index (χ2n) is 4.48. The van der Waals surface area contributed by atoms with Gasteiger partial charge in [0.05, 0.1) is 17.8 Å². The van der Waals surface area contributed by atoms with Crippen LogP contribution in [0.4, 0.5) is 0 Å². The summed E-state index contributed by atoms with van der Waals surface area (Å²) in [5, 5.41) is 4.14. The highest BCUT2D eigenvalue weighted by Gasteiger charge is 2.29. The van der Waals surface area contributed by atoms with Crippen LogP contribution in [-0.2, 0) is 18.2 Å². The maximum Gasteiger partial charge on any atom is 0.0795 e. The molecule has 5 heteroatoms. The molecule has 0 spiro atoms. The van der Waals surface area contributed by atoms with Crippen molar-refractivity contribution in [3.63, 3.8) is 0 Å². The second kappa shape index (κ2) is 5.43. The molecular weight excluding hydrogens is 204 g/mol. The molecule has 0 aliphatic carbocycles. The summed E-state index contributed by atoms with van der Waals surface area (Å²) >= 11 is 0. The number of aryl methyl sites for hydroxylation is 1. The summed E-state index contributed by atoms with van der Waals surface area (Å²) in [7, 11) is 1.90. The molecule has 1 rings (SSSR count).